The number of aromatic nitrogens is 2. The largest absolute Gasteiger partial charge is 0.497 e. The van der Waals surface area contributed by atoms with Crippen molar-refractivity contribution < 1.29 is 9.53 Å². The maximum absolute atomic E-state index is 12.5. The molecule has 6 heteroatoms. The lowest BCUT2D eigenvalue weighted by Gasteiger charge is -2.28. The van der Waals surface area contributed by atoms with Gasteiger partial charge in [0.05, 0.1) is 19.0 Å². The van der Waals surface area contributed by atoms with Crippen molar-refractivity contribution in [2.75, 3.05) is 30.4 Å². The van der Waals surface area contributed by atoms with Crippen LogP contribution in [0.2, 0.25) is 0 Å². The SMILES string of the molecule is COc1ccc(CC(=O)Nc2ccc3ncnc(N4CCCCC4)c3c2)cc1. The molecule has 0 saturated carbocycles. The average molecular weight is 376 g/mol. The number of carbonyl (C=O) groups excluding carboxylic acids is 1. The Labute approximate surface area is 164 Å². The van der Waals surface area contributed by atoms with Crippen LogP contribution in [0.15, 0.2) is 48.8 Å². The number of fused-ring (bicyclic) bond motifs is 1. The molecule has 0 spiro atoms. The van der Waals surface area contributed by atoms with Gasteiger partial charge in [0.2, 0.25) is 5.91 Å². The highest BCUT2D eigenvalue weighted by atomic mass is 16.5. The summed E-state index contributed by atoms with van der Waals surface area (Å²) < 4.78 is 5.16. The fourth-order valence-corrected chi connectivity index (χ4v) is 3.61. The number of rotatable bonds is 5. The number of carbonyl (C=O) groups is 1. The van der Waals surface area contributed by atoms with E-state index in [9.17, 15) is 4.79 Å². The van der Waals surface area contributed by atoms with Crippen LogP contribution in [-0.2, 0) is 11.2 Å². The van der Waals surface area contributed by atoms with Gasteiger partial charge in [0.1, 0.15) is 17.9 Å². The molecule has 1 N–H and O–H groups in total. The molecule has 1 saturated heterocycles. The first-order chi connectivity index (χ1) is 13.7. The normalized spacial score (nSPS) is 14.1. The van der Waals surface area contributed by atoms with E-state index in [-0.39, 0.29) is 5.91 Å². The molecule has 1 fully saturated rings. The monoisotopic (exact) mass is 376 g/mol. The van der Waals surface area contributed by atoms with Crippen molar-refractivity contribution in [2.45, 2.75) is 25.7 Å². The van der Waals surface area contributed by atoms with Gasteiger partial charge in [0.25, 0.3) is 0 Å². The number of benzene rings is 2. The first-order valence-corrected chi connectivity index (χ1v) is 9.65. The number of hydrogen-bond donors (Lipinski definition) is 1. The lowest BCUT2D eigenvalue weighted by atomic mass is 10.1. The molecular weight excluding hydrogens is 352 g/mol. The van der Waals surface area contributed by atoms with Crippen LogP contribution in [0.5, 0.6) is 5.75 Å². The second-order valence-electron chi connectivity index (χ2n) is 7.05. The van der Waals surface area contributed by atoms with Gasteiger partial charge in [-0.2, -0.15) is 0 Å². The topological polar surface area (TPSA) is 67.3 Å². The van der Waals surface area contributed by atoms with E-state index >= 15 is 0 Å². The Morgan fingerprint density at radius 1 is 1.07 bits per heavy atom. The van der Waals surface area contributed by atoms with Gasteiger partial charge >= 0.3 is 0 Å². The quantitative estimate of drug-likeness (QED) is 0.733. The maximum atomic E-state index is 12.5. The molecule has 28 heavy (non-hydrogen) atoms. The van der Waals surface area contributed by atoms with Crippen LogP contribution in [0, 0.1) is 0 Å². The molecule has 0 radical (unpaired) electrons. The van der Waals surface area contributed by atoms with Crippen LogP contribution in [0.1, 0.15) is 24.8 Å². The van der Waals surface area contributed by atoms with Crippen LogP contribution in [-0.4, -0.2) is 36.1 Å². The summed E-state index contributed by atoms with van der Waals surface area (Å²) in [6.45, 7) is 2.03. The van der Waals surface area contributed by atoms with Crippen LogP contribution in [0.3, 0.4) is 0 Å². The fraction of sp³-hybridized carbons (Fsp3) is 0.318. The third-order valence-corrected chi connectivity index (χ3v) is 5.08. The highest BCUT2D eigenvalue weighted by Gasteiger charge is 2.16. The van der Waals surface area contributed by atoms with Crippen molar-refractivity contribution >= 4 is 28.3 Å². The lowest BCUT2D eigenvalue weighted by Crippen LogP contribution is -2.30. The molecule has 1 aliphatic rings. The van der Waals surface area contributed by atoms with Crippen molar-refractivity contribution in [2.24, 2.45) is 0 Å². The number of ether oxygens (including phenoxy) is 1. The van der Waals surface area contributed by atoms with Gasteiger partial charge in [0.15, 0.2) is 0 Å². The number of anilines is 2. The highest BCUT2D eigenvalue weighted by molar-refractivity contribution is 5.97. The van der Waals surface area contributed by atoms with Gasteiger partial charge in [-0.15, -0.1) is 0 Å². The summed E-state index contributed by atoms with van der Waals surface area (Å²) in [4.78, 5) is 23.7. The van der Waals surface area contributed by atoms with Crippen molar-refractivity contribution in [1.82, 2.24) is 9.97 Å². The second-order valence-corrected chi connectivity index (χ2v) is 7.05. The second kappa shape index (κ2) is 8.25. The number of piperidine rings is 1. The summed E-state index contributed by atoms with van der Waals surface area (Å²) in [5.41, 5.74) is 2.60. The molecule has 4 rings (SSSR count). The van der Waals surface area contributed by atoms with E-state index in [2.05, 4.69) is 20.2 Å². The zero-order valence-corrected chi connectivity index (χ0v) is 16.0. The zero-order chi connectivity index (χ0) is 19.3. The molecule has 0 aliphatic carbocycles. The van der Waals surface area contributed by atoms with E-state index in [1.54, 1.807) is 13.4 Å². The Kier molecular flexibility index (Phi) is 5.37. The molecule has 2 aromatic carbocycles. The molecule has 3 aromatic rings. The van der Waals surface area contributed by atoms with E-state index in [4.69, 9.17) is 4.74 Å². The van der Waals surface area contributed by atoms with Gasteiger partial charge < -0.3 is 15.0 Å². The third kappa shape index (κ3) is 4.06. The maximum Gasteiger partial charge on any atom is 0.228 e. The summed E-state index contributed by atoms with van der Waals surface area (Å²) in [5, 5.41) is 3.98. The molecule has 1 amide bonds. The number of methoxy groups -OCH3 is 1. The average Bonchev–Trinajstić information content (AvgIpc) is 2.74. The van der Waals surface area contributed by atoms with E-state index < -0.39 is 0 Å². The predicted molar refractivity (Wildman–Crippen MR) is 111 cm³/mol. The summed E-state index contributed by atoms with van der Waals surface area (Å²) in [6, 6.07) is 13.3. The van der Waals surface area contributed by atoms with E-state index in [0.717, 1.165) is 46.8 Å². The Bertz CT molecular complexity index is 966. The Morgan fingerprint density at radius 2 is 1.86 bits per heavy atom. The van der Waals surface area contributed by atoms with Gasteiger partial charge in [-0.3, -0.25) is 4.79 Å². The van der Waals surface area contributed by atoms with Gasteiger partial charge in [-0.05, 0) is 55.2 Å². The molecule has 6 nitrogen and oxygen atoms in total. The first-order valence-electron chi connectivity index (χ1n) is 9.65. The van der Waals surface area contributed by atoms with E-state index in [0.29, 0.717) is 6.42 Å². The molecule has 144 valence electrons. The highest BCUT2D eigenvalue weighted by Crippen LogP contribution is 2.28. The molecule has 0 unspecified atom stereocenters. The van der Waals surface area contributed by atoms with Crippen LogP contribution in [0.4, 0.5) is 11.5 Å². The summed E-state index contributed by atoms with van der Waals surface area (Å²) in [6.07, 6.45) is 5.57. The van der Waals surface area contributed by atoms with Crippen molar-refractivity contribution in [3.8, 4) is 5.75 Å². The van der Waals surface area contributed by atoms with Crippen molar-refractivity contribution in [1.29, 1.82) is 0 Å². The minimum atomic E-state index is -0.0547. The molecule has 1 aliphatic heterocycles. The third-order valence-electron chi connectivity index (χ3n) is 5.08. The molecule has 0 bridgehead atoms. The smallest absolute Gasteiger partial charge is 0.228 e. The lowest BCUT2D eigenvalue weighted by molar-refractivity contribution is -0.115. The Hall–Kier alpha value is -3.15. The van der Waals surface area contributed by atoms with Crippen LogP contribution in [0.25, 0.3) is 10.9 Å². The van der Waals surface area contributed by atoms with Gasteiger partial charge in [-0.25, -0.2) is 9.97 Å². The standard InChI is InChI=1S/C22H24N4O2/c1-28-18-8-5-16(6-9-18)13-21(27)25-17-7-10-20-19(14-17)22(24-15-23-20)26-11-3-2-4-12-26/h5-10,14-15H,2-4,11-13H2,1H3,(H,25,27). The molecule has 2 heterocycles. The predicted octanol–water partition coefficient (Wildman–Crippen LogP) is 3.81. The minimum absolute atomic E-state index is 0.0547. The molecule has 0 atom stereocenters. The van der Waals surface area contributed by atoms with Crippen LogP contribution >= 0.6 is 0 Å². The molecular formula is C22H24N4O2. The van der Waals surface area contributed by atoms with Crippen molar-refractivity contribution in [3.05, 3.63) is 54.4 Å². The first kappa shape index (κ1) is 18.2. The molecule has 1 aromatic heterocycles. The summed E-state index contributed by atoms with van der Waals surface area (Å²) >= 11 is 0. The Morgan fingerprint density at radius 3 is 2.61 bits per heavy atom. The summed E-state index contributed by atoms with van der Waals surface area (Å²) in [5.74, 6) is 1.68. The van der Waals surface area contributed by atoms with Crippen molar-refractivity contribution in [3.63, 3.8) is 0 Å². The number of amides is 1. The minimum Gasteiger partial charge on any atom is -0.497 e. The zero-order valence-electron chi connectivity index (χ0n) is 16.0. The number of nitrogens with one attached hydrogen (secondary N) is 1. The van der Waals surface area contributed by atoms with Crippen LogP contribution < -0.4 is 15.0 Å². The van der Waals surface area contributed by atoms with E-state index in [1.807, 2.05) is 42.5 Å². The fourth-order valence-electron chi connectivity index (χ4n) is 3.61. The van der Waals surface area contributed by atoms with Gasteiger partial charge in [-0.1, -0.05) is 12.1 Å². The Balaban J connectivity index is 1.52. The van der Waals surface area contributed by atoms with Gasteiger partial charge in [0, 0.05) is 24.2 Å². The number of nitrogens with zero attached hydrogens (tertiary/aromatic N) is 3. The number of hydrogen-bond acceptors (Lipinski definition) is 5. The summed E-state index contributed by atoms with van der Waals surface area (Å²) in [7, 11) is 1.63. The van der Waals surface area contributed by atoms with E-state index in [1.165, 1.54) is 19.3 Å².